The van der Waals surface area contributed by atoms with Gasteiger partial charge in [0.25, 0.3) is 5.56 Å². The lowest BCUT2D eigenvalue weighted by Crippen LogP contribution is -2.39. The number of hydrogen-bond acceptors (Lipinski definition) is 7. The van der Waals surface area contributed by atoms with Crippen LogP contribution in [0.5, 0.6) is 0 Å². The van der Waals surface area contributed by atoms with Gasteiger partial charge in [0.15, 0.2) is 0 Å². The third-order valence-corrected chi connectivity index (χ3v) is 9.57. The van der Waals surface area contributed by atoms with Crippen molar-refractivity contribution in [1.29, 1.82) is 0 Å². The van der Waals surface area contributed by atoms with Gasteiger partial charge in [0.2, 0.25) is 0 Å². The molecular formula is C37H31F2N5O6S. The Morgan fingerprint density at radius 2 is 1.51 bits per heavy atom. The van der Waals surface area contributed by atoms with Gasteiger partial charge in [0.05, 0.1) is 24.7 Å². The number of halogens is 2. The molecule has 0 spiro atoms. The molecule has 11 nitrogen and oxygen atoms in total. The predicted octanol–water partition coefficient (Wildman–Crippen LogP) is 6.15. The summed E-state index contributed by atoms with van der Waals surface area (Å²) in [7, 11) is 2.91. The molecule has 0 aliphatic heterocycles. The van der Waals surface area contributed by atoms with Crippen LogP contribution in [0.4, 0.5) is 19.3 Å². The molecule has 0 radical (unpaired) electrons. The zero-order chi connectivity index (χ0) is 36.2. The number of hydroxylamine groups is 1. The molecule has 2 amide bonds. The lowest BCUT2D eigenvalue weighted by molar-refractivity contribution is -0.143. The molecule has 2 aromatic heterocycles. The van der Waals surface area contributed by atoms with Gasteiger partial charge in [-0.1, -0.05) is 66.7 Å². The number of aromatic nitrogens is 2. The second-order valence-electron chi connectivity index (χ2n) is 11.5. The minimum absolute atomic E-state index is 0.0757. The molecule has 6 rings (SSSR count). The maximum Gasteiger partial charge on any atom is 0.343 e. The topological polar surface area (TPSA) is 135 Å². The summed E-state index contributed by atoms with van der Waals surface area (Å²) >= 11 is 1.06. The van der Waals surface area contributed by atoms with Gasteiger partial charge in [-0.3, -0.25) is 23.9 Å². The number of carbonyl (C=O) groups is 2. The van der Waals surface area contributed by atoms with Crippen molar-refractivity contribution in [1.82, 2.24) is 19.5 Å². The van der Waals surface area contributed by atoms with Crippen LogP contribution in [-0.2, 0) is 22.7 Å². The molecular weight excluding hydrogens is 680 g/mol. The smallest absolute Gasteiger partial charge is 0.343 e. The van der Waals surface area contributed by atoms with Crippen molar-refractivity contribution in [3.05, 3.63) is 152 Å². The van der Waals surface area contributed by atoms with Gasteiger partial charge in [-0.2, -0.15) is 0 Å². The summed E-state index contributed by atoms with van der Waals surface area (Å²) in [6.45, 7) is -0.608. The number of amides is 2. The third-order valence-electron chi connectivity index (χ3n) is 8.26. The predicted molar refractivity (Wildman–Crippen MR) is 190 cm³/mol. The number of nitrogens with zero attached hydrogens (tertiary/aromatic N) is 3. The highest BCUT2D eigenvalue weighted by atomic mass is 32.1. The number of anilines is 1. The fourth-order valence-corrected chi connectivity index (χ4v) is 7.26. The number of rotatable bonds is 11. The first-order valence-electron chi connectivity index (χ1n) is 15.6. The standard InChI is InChI=1S/C37H31F2N5O6S/c1-42(31(35(46)47)22-10-5-3-6-11-22)20-27-30-33(45)44(25-12-7-4-8-13-25)37(49)43(21-26-28(38)14-9-15-29(26)39)34(30)51-32(27)23-16-18-24(19-17-23)40-36(48)41-50-2/h3-19,31H,20-21H2,1-2H3,(H,46,47)(H2,40,41,48). The minimum Gasteiger partial charge on any atom is -0.480 e. The molecule has 0 fully saturated rings. The lowest BCUT2D eigenvalue weighted by atomic mass is 10.0. The molecule has 2 heterocycles. The highest BCUT2D eigenvalue weighted by Gasteiger charge is 2.30. The molecule has 3 N–H and O–H groups in total. The quantitative estimate of drug-likeness (QED) is 0.137. The minimum atomic E-state index is -1.12. The Balaban J connectivity index is 1.62. The second-order valence-corrected chi connectivity index (χ2v) is 12.5. The van der Waals surface area contributed by atoms with Crippen molar-refractivity contribution in [2.24, 2.45) is 0 Å². The molecule has 0 saturated carbocycles. The van der Waals surface area contributed by atoms with E-state index in [0.29, 0.717) is 27.3 Å². The monoisotopic (exact) mass is 711 g/mol. The Hall–Kier alpha value is -5.96. The second kappa shape index (κ2) is 14.9. The molecule has 260 valence electrons. The summed E-state index contributed by atoms with van der Waals surface area (Å²) in [4.78, 5) is 60.3. The van der Waals surface area contributed by atoms with Gasteiger partial charge in [-0.05, 0) is 60.1 Å². The van der Waals surface area contributed by atoms with Gasteiger partial charge in [0.1, 0.15) is 22.5 Å². The summed E-state index contributed by atoms with van der Waals surface area (Å²) < 4.78 is 32.3. The molecule has 4 aromatic carbocycles. The van der Waals surface area contributed by atoms with Crippen LogP contribution in [0.1, 0.15) is 22.7 Å². The van der Waals surface area contributed by atoms with Crippen LogP contribution in [0, 0.1) is 11.6 Å². The van der Waals surface area contributed by atoms with Crippen molar-refractivity contribution in [3.63, 3.8) is 0 Å². The summed E-state index contributed by atoms with van der Waals surface area (Å²) in [6.07, 6.45) is 0. The summed E-state index contributed by atoms with van der Waals surface area (Å²) in [5.74, 6) is -2.85. The zero-order valence-electron chi connectivity index (χ0n) is 27.3. The molecule has 0 aliphatic carbocycles. The van der Waals surface area contributed by atoms with Crippen molar-refractivity contribution < 1.29 is 28.3 Å². The Morgan fingerprint density at radius 3 is 2.12 bits per heavy atom. The largest absolute Gasteiger partial charge is 0.480 e. The first kappa shape index (κ1) is 34.9. The van der Waals surface area contributed by atoms with E-state index in [1.807, 2.05) is 0 Å². The van der Waals surface area contributed by atoms with Crippen molar-refractivity contribution >= 4 is 39.2 Å². The fraction of sp³-hybridized carbons (Fsp3) is 0.135. The molecule has 0 bridgehead atoms. The van der Waals surface area contributed by atoms with Crippen LogP contribution < -0.4 is 22.0 Å². The highest BCUT2D eigenvalue weighted by Crippen LogP contribution is 2.39. The maximum absolute atomic E-state index is 15.1. The number of fused-ring (bicyclic) bond motifs is 1. The number of urea groups is 1. The Labute approximate surface area is 293 Å². The normalized spacial score (nSPS) is 11.9. The van der Waals surface area contributed by atoms with E-state index in [1.54, 1.807) is 96.9 Å². The molecule has 0 aliphatic rings. The average Bonchev–Trinajstić information content (AvgIpc) is 3.48. The molecule has 1 atom stereocenters. The van der Waals surface area contributed by atoms with E-state index in [4.69, 9.17) is 0 Å². The lowest BCUT2D eigenvalue weighted by Gasteiger charge is -2.25. The first-order chi connectivity index (χ1) is 24.6. The number of carbonyl (C=O) groups excluding carboxylic acids is 1. The summed E-state index contributed by atoms with van der Waals surface area (Å²) in [6, 6.07) is 25.1. The number of thiophene rings is 1. The zero-order valence-corrected chi connectivity index (χ0v) is 28.1. The van der Waals surface area contributed by atoms with Gasteiger partial charge in [-0.25, -0.2) is 28.4 Å². The number of para-hydroxylation sites is 1. The van der Waals surface area contributed by atoms with Crippen LogP contribution in [0.15, 0.2) is 113 Å². The molecule has 51 heavy (non-hydrogen) atoms. The van der Waals surface area contributed by atoms with Crippen LogP contribution >= 0.6 is 11.3 Å². The van der Waals surface area contributed by atoms with E-state index in [2.05, 4.69) is 15.6 Å². The van der Waals surface area contributed by atoms with Crippen LogP contribution in [0.25, 0.3) is 26.3 Å². The third kappa shape index (κ3) is 7.05. The molecule has 0 saturated heterocycles. The van der Waals surface area contributed by atoms with E-state index in [1.165, 1.54) is 17.7 Å². The maximum atomic E-state index is 15.1. The Bertz CT molecular complexity index is 2320. The number of nitrogens with one attached hydrogen (secondary N) is 2. The number of hydrogen-bond donors (Lipinski definition) is 3. The van der Waals surface area contributed by atoms with E-state index < -0.39 is 47.5 Å². The van der Waals surface area contributed by atoms with Crippen molar-refractivity contribution in [3.8, 4) is 16.1 Å². The van der Waals surface area contributed by atoms with Crippen molar-refractivity contribution in [2.45, 2.75) is 19.1 Å². The number of carboxylic acids is 1. The summed E-state index contributed by atoms with van der Waals surface area (Å²) in [5.41, 5.74) is 2.43. The first-order valence-corrected chi connectivity index (χ1v) is 16.4. The van der Waals surface area contributed by atoms with Crippen LogP contribution in [0.3, 0.4) is 0 Å². The van der Waals surface area contributed by atoms with Gasteiger partial charge >= 0.3 is 17.7 Å². The van der Waals surface area contributed by atoms with E-state index in [-0.39, 0.29) is 28.0 Å². The van der Waals surface area contributed by atoms with E-state index in [9.17, 15) is 24.3 Å². The van der Waals surface area contributed by atoms with Gasteiger partial charge < -0.3 is 10.4 Å². The van der Waals surface area contributed by atoms with Crippen LogP contribution in [-0.4, -0.2) is 45.3 Å². The van der Waals surface area contributed by atoms with E-state index in [0.717, 1.165) is 28.0 Å². The Kier molecular flexibility index (Phi) is 10.2. The number of likely N-dealkylation sites (N-methyl/N-ethyl adjacent to an activating group) is 1. The average molecular weight is 712 g/mol. The SMILES string of the molecule is CONC(=O)Nc1ccc(-c2sc3c(c2CN(C)C(C(=O)O)c2ccccc2)c(=O)n(-c2ccccc2)c(=O)n3Cc2c(F)cccc2F)cc1. The van der Waals surface area contributed by atoms with E-state index >= 15 is 8.78 Å². The number of benzene rings is 4. The Morgan fingerprint density at radius 1 is 0.882 bits per heavy atom. The molecule has 14 heteroatoms. The fourth-order valence-electron chi connectivity index (χ4n) is 5.95. The van der Waals surface area contributed by atoms with Crippen LogP contribution in [0.2, 0.25) is 0 Å². The number of carboxylic acid groups (broad SMARTS) is 1. The molecule has 6 aromatic rings. The van der Waals surface area contributed by atoms with Gasteiger partial charge in [0, 0.05) is 22.7 Å². The van der Waals surface area contributed by atoms with Gasteiger partial charge in [-0.15, -0.1) is 11.3 Å². The highest BCUT2D eigenvalue weighted by molar-refractivity contribution is 7.22. The summed E-state index contributed by atoms with van der Waals surface area (Å²) in [5, 5.41) is 13.0. The molecule has 1 unspecified atom stereocenters. The number of aliphatic carboxylic acids is 1. The van der Waals surface area contributed by atoms with Crippen molar-refractivity contribution in [2.75, 3.05) is 19.5 Å².